The summed E-state index contributed by atoms with van der Waals surface area (Å²) in [6.07, 6.45) is 0. The van der Waals surface area contributed by atoms with E-state index in [1.165, 1.54) is 39.9 Å². The largest absolute Gasteiger partial charge is 0.448 e. The van der Waals surface area contributed by atoms with E-state index in [1.807, 2.05) is 30.3 Å². The van der Waals surface area contributed by atoms with Crippen molar-refractivity contribution in [2.24, 2.45) is 0 Å². The normalized spacial score (nSPS) is 14.9. The number of amides is 1. The van der Waals surface area contributed by atoms with E-state index in [9.17, 15) is 13.2 Å². The van der Waals surface area contributed by atoms with Gasteiger partial charge in [0.15, 0.2) is 16.5 Å². The Hall–Kier alpha value is -3.52. The Morgan fingerprint density at radius 3 is 2.42 bits per heavy atom. The van der Waals surface area contributed by atoms with Crippen molar-refractivity contribution in [2.45, 2.75) is 4.90 Å². The molecule has 166 valence electrons. The Labute approximate surface area is 194 Å². The van der Waals surface area contributed by atoms with Gasteiger partial charge in [0, 0.05) is 26.2 Å². The molecule has 0 radical (unpaired) electrons. The lowest BCUT2D eigenvalue weighted by Gasteiger charge is -2.33. The first kappa shape index (κ1) is 21.3. The number of rotatable bonds is 4. The number of aromatic nitrogens is 1. The second-order valence-corrected chi connectivity index (χ2v) is 10.5. The average Bonchev–Trinajstić information content (AvgIpc) is 3.51. The molecule has 0 atom stereocenters. The van der Waals surface area contributed by atoms with E-state index in [2.05, 4.69) is 4.98 Å². The highest BCUT2D eigenvalue weighted by Crippen LogP contribution is 2.31. The molecule has 0 aliphatic carbocycles. The molecule has 1 amide bonds. The first-order valence-corrected chi connectivity index (χ1v) is 12.5. The number of nitriles is 1. The molecule has 0 bridgehead atoms. The maximum atomic E-state index is 12.9. The zero-order chi connectivity index (χ0) is 23.0. The fourth-order valence-electron chi connectivity index (χ4n) is 3.68. The third-order valence-corrected chi connectivity index (χ3v) is 8.43. The number of hydrogen-bond acceptors (Lipinski definition) is 7. The lowest BCUT2D eigenvalue weighted by atomic mass is 10.2. The predicted octanol–water partition coefficient (Wildman–Crippen LogP) is 3.57. The Morgan fingerprint density at radius 2 is 1.73 bits per heavy atom. The van der Waals surface area contributed by atoms with Gasteiger partial charge in [-0.05, 0) is 48.5 Å². The number of piperazine rings is 1. The van der Waals surface area contributed by atoms with Crippen molar-refractivity contribution in [3.63, 3.8) is 0 Å². The smallest absolute Gasteiger partial charge is 0.289 e. The molecule has 10 heteroatoms. The highest BCUT2D eigenvalue weighted by atomic mass is 32.2. The van der Waals surface area contributed by atoms with Gasteiger partial charge in [-0.25, -0.2) is 13.4 Å². The van der Waals surface area contributed by atoms with Gasteiger partial charge in [-0.2, -0.15) is 9.57 Å². The Balaban J connectivity index is 1.26. The fourth-order valence-corrected chi connectivity index (χ4v) is 6.03. The number of carbonyl (C=O) groups is 1. The predicted molar refractivity (Wildman–Crippen MR) is 123 cm³/mol. The first-order valence-electron chi connectivity index (χ1n) is 10.2. The minimum absolute atomic E-state index is 0.132. The van der Waals surface area contributed by atoms with Crippen molar-refractivity contribution in [2.75, 3.05) is 26.2 Å². The van der Waals surface area contributed by atoms with Gasteiger partial charge < -0.3 is 9.32 Å². The molecule has 0 unspecified atom stereocenters. The summed E-state index contributed by atoms with van der Waals surface area (Å²) in [5.74, 6) is 0.451. The van der Waals surface area contributed by atoms with E-state index >= 15 is 0 Å². The number of furan rings is 1. The zero-order valence-corrected chi connectivity index (χ0v) is 19.0. The number of benzene rings is 2. The Kier molecular flexibility index (Phi) is 5.46. The molecule has 4 aromatic rings. The molecule has 2 aromatic carbocycles. The molecule has 33 heavy (non-hydrogen) atoms. The highest BCUT2D eigenvalue weighted by molar-refractivity contribution is 7.89. The van der Waals surface area contributed by atoms with Crippen LogP contribution in [0.4, 0.5) is 0 Å². The molecule has 0 spiro atoms. The van der Waals surface area contributed by atoms with Crippen molar-refractivity contribution in [1.29, 1.82) is 5.26 Å². The summed E-state index contributed by atoms with van der Waals surface area (Å²) in [6.45, 7) is 0.871. The van der Waals surface area contributed by atoms with Gasteiger partial charge >= 0.3 is 0 Å². The van der Waals surface area contributed by atoms with E-state index in [1.54, 1.807) is 17.0 Å². The standard InChI is InChI=1S/C23H18N4O4S2/c24-15-16-5-7-17(8-6-16)33(29,30)27-13-11-26(12-14-27)23(28)20-10-9-19(31-20)22-25-18-3-1-2-4-21(18)32-22/h1-10H,11-14H2. The molecule has 3 heterocycles. The van der Waals surface area contributed by atoms with Crippen LogP contribution in [0.15, 0.2) is 70.0 Å². The van der Waals surface area contributed by atoms with Crippen LogP contribution < -0.4 is 0 Å². The van der Waals surface area contributed by atoms with E-state index in [4.69, 9.17) is 9.68 Å². The SMILES string of the molecule is N#Cc1ccc(S(=O)(=O)N2CCN(C(=O)c3ccc(-c4nc5ccccc5s4)o3)CC2)cc1. The summed E-state index contributed by atoms with van der Waals surface area (Å²) < 4.78 is 34.0. The number of nitrogens with zero attached hydrogens (tertiary/aromatic N) is 4. The summed E-state index contributed by atoms with van der Waals surface area (Å²) in [5, 5.41) is 9.60. The average molecular weight is 479 g/mol. The lowest BCUT2D eigenvalue weighted by Crippen LogP contribution is -2.50. The molecule has 1 saturated heterocycles. The third kappa shape index (κ3) is 4.02. The van der Waals surface area contributed by atoms with E-state index in [0.29, 0.717) is 16.3 Å². The monoisotopic (exact) mass is 478 g/mol. The topological polar surface area (TPSA) is 108 Å². The van der Waals surface area contributed by atoms with Gasteiger partial charge in [-0.3, -0.25) is 4.79 Å². The molecule has 0 saturated carbocycles. The van der Waals surface area contributed by atoms with Gasteiger partial charge in [0.05, 0.1) is 26.7 Å². The van der Waals surface area contributed by atoms with Crippen LogP contribution in [0.5, 0.6) is 0 Å². The number of para-hydroxylation sites is 1. The van der Waals surface area contributed by atoms with Crippen LogP contribution in [0.2, 0.25) is 0 Å². The first-order chi connectivity index (χ1) is 16.0. The molecular weight excluding hydrogens is 460 g/mol. The molecule has 1 aliphatic rings. The third-order valence-electron chi connectivity index (χ3n) is 5.47. The molecule has 1 fully saturated rings. The molecule has 8 nitrogen and oxygen atoms in total. The van der Waals surface area contributed by atoms with Crippen molar-refractivity contribution in [1.82, 2.24) is 14.2 Å². The van der Waals surface area contributed by atoms with E-state index < -0.39 is 10.0 Å². The van der Waals surface area contributed by atoms with E-state index in [-0.39, 0.29) is 42.7 Å². The second kappa shape index (κ2) is 8.44. The van der Waals surface area contributed by atoms with Crippen LogP contribution >= 0.6 is 11.3 Å². The van der Waals surface area contributed by atoms with Crippen LogP contribution in [0.3, 0.4) is 0 Å². The zero-order valence-electron chi connectivity index (χ0n) is 17.3. The van der Waals surface area contributed by atoms with Gasteiger partial charge in [-0.1, -0.05) is 12.1 Å². The lowest BCUT2D eigenvalue weighted by molar-refractivity contribution is 0.0667. The number of fused-ring (bicyclic) bond motifs is 1. The minimum Gasteiger partial charge on any atom is -0.448 e. The molecular formula is C23H18N4O4S2. The quantitative estimate of drug-likeness (QED) is 0.444. The Morgan fingerprint density at radius 1 is 1.00 bits per heavy atom. The molecule has 0 N–H and O–H groups in total. The maximum absolute atomic E-state index is 12.9. The molecule has 5 rings (SSSR count). The van der Waals surface area contributed by atoms with Crippen LogP contribution in [0.25, 0.3) is 21.0 Å². The second-order valence-electron chi connectivity index (χ2n) is 7.48. The summed E-state index contributed by atoms with van der Waals surface area (Å²) >= 11 is 1.49. The van der Waals surface area contributed by atoms with Crippen molar-refractivity contribution in [3.05, 3.63) is 72.0 Å². The van der Waals surface area contributed by atoms with E-state index in [0.717, 1.165) is 10.2 Å². The summed E-state index contributed by atoms with van der Waals surface area (Å²) in [5.41, 5.74) is 1.27. The highest BCUT2D eigenvalue weighted by Gasteiger charge is 2.31. The number of hydrogen-bond donors (Lipinski definition) is 0. The summed E-state index contributed by atoms with van der Waals surface area (Å²) in [7, 11) is -3.69. The van der Waals surface area contributed by atoms with Crippen LogP contribution in [-0.2, 0) is 10.0 Å². The van der Waals surface area contributed by atoms with Crippen molar-refractivity contribution >= 4 is 37.5 Å². The molecule has 2 aromatic heterocycles. The Bertz CT molecular complexity index is 1440. The van der Waals surface area contributed by atoms with Crippen molar-refractivity contribution < 1.29 is 17.6 Å². The summed E-state index contributed by atoms with van der Waals surface area (Å²) in [6, 6.07) is 18.9. The van der Waals surface area contributed by atoms with Gasteiger partial charge in [0.25, 0.3) is 5.91 Å². The van der Waals surface area contributed by atoms with Gasteiger partial charge in [0.2, 0.25) is 10.0 Å². The number of sulfonamides is 1. The van der Waals surface area contributed by atoms with Crippen molar-refractivity contribution in [3.8, 4) is 16.8 Å². The maximum Gasteiger partial charge on any atom is 0.289 e. The number of thiazole rings is 1. The summed E-state index contributed by atoms with van der Waals surface area (Å²) in [4.78, 5) is 19.2. The molecule has 1 aliphatic heterocycles. The fraction of sp³-hybridized carbons (Fsp3) is 0.174. The number of carbonyl (C=O) groups excluding carboxylic acids is 1. The van der Waals surface area contributed by atoms with Crippen LogP contribution in [0, 0.1) is 11.3 Å². The van der Waals surface area contributed by atoms with Crippen LogP contribution in [0.1, 0.15) is 16.1 Å². The van der Waals surface area contributed by atoms with Crippen LogP contribution in [-0.4, -0.2) is 54.7 Å². The minimum atomic E-state index is -3.69. The van der Waals surface area contributed by atoms with Gasteiger partial charge in [-0.15, -0.1) is 11.3 Å². The van der Waals surface area contributed by atoms with Gasteiger partial charge in [0.1, 0.15) is 0 Å².